The fourth-order valence-corrected chi connectivity index (χ4v) is 2.34. The number of aliphatic hydroxyl groups is 4. The van der Waals surface area contributed by atoms with Gasteiger partial charge in [0.05, 0.1) is 13.7 Å². The van der Waals surface area contributed by atoms with Gasteiger partial charge in [-0.15, -0.1) is 0 Å². The minimum Gasteiger partial charge on any atom is -0.468 e. The first-order valence-corrected chi connectivity index (χ1v) is 7.06. The number of carbonyl (C=O) groups is 1. The molecular formula is C13H19N3O8. The highest BCUT2D eigenvalue weighted by atomic mass is 16.6. The summed E-state index contributed by atoms with van der Waals surface area (Å²) in [6.07, 6.45) is -7.23. The van der Waals surface area contributed by atoms with Crippen molar-refractivity contribution in [1.82, 2.24) is 9.97 Å². The number of rotatable bonds is 5. The van der Waals surface area contributed by atoms with Crippen molar-refractivity contribution in [1.29, 1.82) is 0 Å². The molecule has 1 aromatic rings. The van der Waals surface area contributed by atoms with Crippen molar-refractivity contribution >= 4 is 11.6 Å². The molecule has 24 heavy (non-hydrogen) atoms. The van der Waals surface area contributed by atoms with Crippen LogP contribution in [-0.2, 0) is 4.74 Å². The van der Waals surface area contributed by atoms with Crippen LogP contribution < -0.4 is 15.6 Å². The third-order valence-electron chi connectivity index (χ3n) is 3.61. The van der Waals surface area contributed by atoms with Crippen LogP contribution in [0.2, 0.25) is 0 Å². The molecule has 0 radical (unpaired) electrons. The molecule has 1 saturated heterocycles. The van der Waals surface area contributed by atoms with Gasteiger partial charge >= 0.3 is 0 Å². The molecule has 0 saturated carbocycles. The van der Waals surface area contributed by atoms with Crippen LogP contribution in [0.4, 0.5) is 5.82 Å². The van der Waals surface area contributed by atoms with E-state index < -0.39 is 48.6 Å². The number of ketones is 1. The predicted octanol–water partition coefficient (Wildman–Crippen LogP) is -2.81. The minimum atomic E-state index is -1.61. The first-order chi connectivity index (χ1) is 11.3. The van der Waals surface area contributed by atoms with Crippen LogP contribution in [0.1, 0.15) is 17.3 Å². The number of H-pyrrole nitrogens is 1. The highest BCUT2D eigenvalue weighted by Crippen LogP contribution is 2.23. The van der Waals surface area contributed by atoms with Crippen LogP contribution in [0, 0.1) is 0 Å². The van der Waals surface area contributed by atoms with E-state index in [-0.39, 0.29) is 17.4 Å². The zero-order chi connectivity index (χ0) is 18.0. The zero-order valence-electron chi connectivity index (χ0n) is 13.0. The maximum Gasteiger partial charge on any atom is 0.298 e. The van der Waals surface area contributed by atoms with Crippen LogP contribution in [-0.4, -0.2) is 80.5 Å². The zero-order valence-corrected chi connectivity index (χ0v) is 13.0. The smallest absolute Gasteiger partial charge is 0.298 e. The summed E-state index contributed by atoms with van der Waals surface area (Å²) in [4.78, 5) is 29.8. The van der Waals surface area contributed by atoms with E-state index in [0.29, 0.717) is 0 Å². The summed E-state index contributed by atoms with van der Waals surface area (Å²) in [5.41, 5.74) is -1.09. The lowest BCUT2D eigenvalue weighted by atomic mass is 9.98. The molecular weight excluding hydrogens is 326 g/mol. The van der Waals surface area contributed by atoms with E-state index >= 15 is 0 Å². The number of nitrogens with one attached hydrogen (secondary N) is 2. The van der Waals surface area contributed by atoms with Gasteiger partial charge in [0, 0.05) is 0 Å². The Bertz CT molecular complexity index is 661. The van der Waals surface area contributed by atoms with Gasteiger partial charge in [0.15, 0.2) is 12.0 Å². The largest absolute Gasteiger partial charge is 0.468 e. The molecule has 11 nitrogen and oxygen atoms in total. The number of anilines is 1. The van der Waals surface area contributed by atoms with E-state index in [1.165, 1.54) is 7.11 Å². The summed E-state index contributed by atoms with van der Waals surface area (Å²) >= 11 is 0. The van der Waals surface area contributed by atoms with Gasteiger partial charge in [-0.25, -0.2) is 0 Å². The third-order valence-corrected chi connectivity index (χ3v) is 3.61. The highest BCUT2D eigenvalue weighted by Gasteiger charge is 2.44. The van der Waals surface area contributed by atoms with Crippen molar-refractivity contribution < 1.29 is 34.7 Å². The van der Waals surface area contributed by atoms with E-state index in [1.807, 2.05) is 0 Å². The quantitative estimate of drug-likeness (QED) is 0.306. The summed E-state index contributed by atoms with van der Waals surface area (Å²) in [5.74, 6) is -0.828. The second-order valence-electron chi connectivity index (χ2n) is 5.25. The first kappa shape index (κ1) is 18.3. The second-order valence-corrected chi connectivity index (χ2v) is 5.25. The number of methoxy groups -OCH3 is 1. The fourth-order valence-electron chi connectivity index (χ4n) is 2.34. The number of Topliss-reactive ketones (excluding diaryl/α,β-unsaturated/α-hetero) is 1. The molecule has 6 N–H and O–H groups in total. The number of hydrogen-bond donors (Lipinski definition) is 6. The molecule has 1 aliphatic heterocycles. The highest BCUT2D eigenvalue weighted by molar-refractivity contribution is 5.98. The number of aromatic nitrogens is 2. The Morgan fingerprint density at radius 3 is 2.54 bits per heavy atom. The average Bonchev–Trinajstić information content (AvgIpc) is 2.54. The van der Waals surface area contributed by atoms with Crippen LogP contribution in [0.3, 0.4) is 0 Å². The summed E-state index contributed by atoms with van der Waals surface area (Å²) < 4.78 is 10.1. The van der Waals surface area contributed by atoms with Crippen molar-refractivity contribution in [2.24, 2.45) is 0 Å². The maximum atomic E-state index is 12.0. The lowest BCUT2D eigenvalue weighted by molar-refractivity contribution is -0.221. The normalized spacial score (nSPS) is 30.0. The van der Waals surface area contributed by atoms with Gasteiger partial charge in [-0.1, -0.05) is 0 Å². The van der Waals surface area contributed by atoms with Gasteiger partial charge < -0.3 is 35.2 Å². The summed E-state index contributed by atoms with van der Waals surface area (Å²) in [5, 5.41) is 41.2. The van der Waals surface area contributed by atoms with Gasteiger partial charge in [-0.2, -0.15) is 4.98 Å². The van der Waals surface area contributed by atoms with E-state index in [1.54, 1.807) is 0 Å². The number of carbonyl (C=O) groups excluding carboxylic acids is 1. The lowest BCUT2D eigenvalue weighted by Gasteiger charge is -2.40. The number of nitrogens with zero attached hydrogens (tertiary/aromatic N) is 1. The van der Waals surface area contributed by atoms with Gasteiger partial charge in [0.25, 0.3) is 11.6 Å². The third kappa shape index (κ3) is 3.39. The molecule has 134 valence electrons. The number of aromatic amines is 1. The van der Waals surface area contributed by atoms with Crippen molar-refractivity contribution in [2.45, 2.75) is 37.6 Å². The van der Waals surface area contributed by atoms with Crippen LogP contribution in [0.25, 0.3) is 0 Å². The molecule has 1 aliphatic rings. The first-order valence-electron chi connectivity index (χ1n) is 7.06. The monoisotopic (exact) mass is 345 g/mol. The van der Waals surface area contributed by atoms with E-state index in [9.17, 15) is 24.9 Å². The number of hydrogen-bond acceptors (Lipinski definition) is 10. The topological polar surface area (TPSA) is 174 Å². The van der Waals surface area contributed by atoms with Gasteiger partial charge in [0.2, 0.25) is 0 Å². The standard InChI is InChI=1S/C13H19N3O8/c1-4(18)6-10(15-13(23-2)16-11(6)22)14-12-9(21)8(20)7(19)5(3-17)24-12/h5,7-9,12,17,19-21H,3H2,1-2H3,(H2,14,15,16,22)/t5-,7+,8+,9-,12-/m0/s1. The van der Waals surface area contributed by atoms with E-state index in [0.717, 1.165) is 6.92 Å². The molecule has 0 amide bonds. The summed E-state index contributed by atoms with van der Waals surface area (Å²) in [6, 6.07) is -0.183. The average molecular weight is 345 g/mol. The van der Waals surface area contributed by atoms with Crippen molar-refractivity contribution in [2.75, 3.05) is 19.0 Å². The SMILES string of the molecule is COc1nc(N[C@H]2O[C@@H](CO)[C@@H](O)[C@@H](O)[C@@H]2O)c(C(C)=O)c(=O)[nH]1. The molecule has 5 atom stereocenters. The molecule has 11 heteroatoms. The molecule has 0 bridgehead atoms. The van der Waals surface area contributed by atoms with Crippen molar-refractivity contribution in [3.63, 3.8) is 0 Å². The van der Waals surface area contributed by atoms with Crippen LogP contribution >= 0.6 is 0 Å². The molecule has 1 aromatic heterocycles. The van der Waals surface area contributed by atoms with Crippen molar-refractivity contribution in [3.05, 3.63) is 15.9 Å². The number of ether oxygens (including phenoxy) is 2. The Hall–Kier alpha value is -2.05. The molecule has 0 aromatic carbocycles. The van der Waals surface area contributed by atoms with Gasteiger partial charge in [-0.05, 0) is 6.92 Å². The Balaban J connectivity index is 2.37. The van der Waals surface area contributed by atoms with Gasteiger partial charge in [0.1, 0.15) is 35.8 Å². The second kappa shape index (κ2) is 7.23. The summed E-state index contributed by atoms with van der Waals surface area (Å²) in [7, 11) is 1.25. The maximum absolute atomic E-state index is 12.0. The van der Waals surface area contributed by atoms with E-state index in [4.69, 9.17) is 14.6 Å². The molecule has 2 heterocycles. The Kier molecular flexibility index (Phi) is 5.51. The van der Waals surface area contributed by atoms with Crippen molar-refractivity contribution in [3.8, 4) is 6.01 Å². The predicted molar refractivity (Wildman–Crippen MR) is 78.8 cm³/mol. The fraction of sp³-hybridized carbons (Fsp3) is 0.615. The molecule has 0 aliphatic carbocycles. The van der Waals surface area contributed by atoms with Crippen LogP contribution in [0.15, 0.2) is 4.79 Å². The molecule has 0 spiro atoms. The van der Waals surface area contributed by atoms with E-state index in [2.05, 4.69) is 15.3 Å². The minimum absolute atomic E-state index is 0.183. The molecule has 2 rings (SSSR count). The van der Waals surface area contributed by atoms with Crippen LogP contribution in [0.5, 0.6) is 6.01 Å². The molecule has 1 fully saturated rings. The number of aliphatic hydroxyl groups excluding tert-OH is 4. The Morgan fingerprint density at radius 2 is 2.00 bits per heavy atom. The summed E-state index contributed by atoms with van der Waals surface area (Å²) in [6.45, 7) is 0.534. The Morgan fingerprint density at radius 1 is 1.33 bits per heavy atom. The Labute approximate surface area is 135 Å². The van der Waals surface area contributed by atoms with Gasteiger partial charge in [-0.3, -0.25) is 14.6 Å². The molecule has 0 unspecified atom stereocenters. The lowest BCUT2D eigenvalue weighted by Crippen LogP contribution is -2.60.